The number of likely N-dealkylation sites (tertiary alicyclic amines) is 1. The lowest BCUT2D eigenvalue weighted by atomic mass is 10.1. The van der Waals surface area contributed by atoms with E-state index in [1.165, 1.54) is 38.2 Å². The molecule has 19 heavy (non-hydrogen) atoms. The van der Waals surface area contributed by atoms with Gasteiger partial charge in [0.1, 0.15) is 0 Å². The number of aromatic nitrogens is 1. The highest BCUT2D eigenvalue weighted by atomic mass is 16.1. The summed E-state index contributed by atoms with van der Waals surface area (Å²) in [6, 6.07) is 2.90. The van der Waals surface area contributed by atoms with Gasteiger partial charge in [-0.2, -0.15) is 0 Å². The highest BCUT2D eigenvalue weighted by molar-refractivity contribution is 5.93. The average Bonchev–Trinajstić information content (AvgIpc) is 2.89. The van der Waals surface area contributed by atoms with Crippen LogP contribution in [0.5, 0.6) is 0 Å². The van der Waals surface area contributed by atoms with E-state index in [4.69, 9.17) is 0 Å². The van der Waals surface area contributed by atoms with E-state index >= 15 is 0 Å². The van der Waals surface area contributed by atoms with Crippen molar-refractivity contribution in [3.63, 3.8) is 0 Å². The van der Waals surface area contributed by atoms with Crippen molar-refractivity contribution in [3.05, 3.63) is 34.2 Å². The molecule has 104 valence electrons. The van der Waals surface area contributed by atoms with E-state index in [0.29, 0.717) is 18.0 Å². The standard InChI is InChI=1S/C14H21N3O2/c1-11(10-17-6-2-3-7-17)8-16-14(19)12-4-5-13(18)15-9-12/h4-5,9,11H,2-3,6-8,10H2,1H3,(H,15,18)(H,16,19). The van der Waals surface area contributed by atoms with Crippen LogP contribution in [0.4, 0.5) is 0 Å². The van der Waals surface area contributed by atoms with E-state index < -0.39 is 0 Å². The molecule has 2 rings (SSSR count). The third kappa shape index (κ3) is 4.21. The van der Waals surface area contributed by atoms with Crippen LogP contribution >= 0.6 is 0 Å². The summed E-state index contributed by atoms with van der Waals surface area (Å²) >= 11 is 0. The molecule has 2 heterocycles. The fourth-order valence-electron chi connectivity index (χ4n) is 2.39. The zero-order valence-electron chi connectivity index (χ0n) is 11.3. The highest BCUT2D eigenvalue weighted by Crippen LogP contribution is 2.09. The summed E-state index contributed by atoms with van der Waals surface area (Å²) in [6.07, 6.45) is 4.02. The molecule has 1 unspecified atom stereocenters. The van der Waals surface area contributed by atoms with Crippen molar-refractivity contribution in [1.29, 1.82) is 0 Å². The SMILES string of the molecule is CC(CNC(=O)c1ccc(=O)[nH]c1)CN1CCCC1. The fourth-order valence-corrected chi connectivity index (χ4v) is 2.39. The van der Waals surface area contributed by atoms with E-state index in [0.717, 1.165) is 6.54 Å². The van der Waals surface area contributed by atoms with Gasteiger partial charge >= 0.3 is 0 Å². The third-order valence-electron chi connectivity index (χ3n) is 3.43. The van der Waals surface area contributed by atoms with Gasteiger partial charge in [0.15, 0.2) is 0 Å². The van der Waals surface area contributed by atoms with E-state index in [1.807, 2.05) is 0 Å². The number of amides is 1. The average molecular weight is 263 g/mol. The van der Waals surface area contributed by atoms with Gasteiger partial charge in [-0.15, -0.1) is 0 Å². The lowest BCUT2D eigenvalue weighted by Gasteiger charge is -2.20. The molecule has 1 aliphatic heterocycles. The van der Waals surface area contributed by atoms with Gasteiger partial charge in [0.05, 0.1) is 5.56 Å². The largest absolute Gasteiger partial charge is 0.352 e. The number of nitrogens with zero attached hydrogens (tertiary/aromatic N) is 1. The molecule has 1 atom stereocenters. The molecular formula is C14H21N3O2. The van der Waals surface area contributed by atoms with Crippen LogP contribution in [-0.2, 0) is 0 Å². The molecule has 2 N–H and O–H groups in total. The maximum absolute atomic E-state index is 11.9. The summed E-state index contributed by atoms with van der Waals surface area (Å²) < 4.78 is 0. The molecule has 1 aromatic rings. The number of H-pyrrole nitrogens is 1. The molecule has 5 heteroatoms. The number of nitrogens with one attached hydrogen (secondary N) is 2. The van der Waals surface area contributed by atoms with Crippen LogP contribution in [0, 0.1) is 5.92 Å². The molecular weight excluding hydrogens is 242 g/mol. The quantitative estimate of drug-likeness (QED) is 0.827. The normalized spacial score (nSPS) is 17.3. The minimum Gasteiger partial charge on any atom is -0.352 e. The molecule has 1 fully saturated rings. The number of carbonyl (C=O) groups excluding carboxylic acids is 1. The van der Waals surface area contributed by atoms with Crippen LogP contribution in [0.2, 0.25) is 0 Å². The van der Waals surface area contributed by atoms with Gasteiger partial charge < -0.3 is 15.2 Å². The van der Waals surface area contributed by atoms with Crippen LogP contribution in [0.1, 0.15) is 30.1 Å². The van der Waals surface area contributed by atoms with Gasteiger partial charge in [0, 0.05) is 25.4 Å². The monoisotopic (exact) mass is 263 g/mol. The molecule has 1 aromatic heterocycles. The topological polar surface area (TPSA) is 65.2 Å². The zero-order chi connectivity index (χ0) is 13.7. The number of rotatable bonds is 5. The Hall–Kier alpha value is -1.62. The van der Waals surface area contributed by atoms with Gasteiger partial charge in [-0.1, -0.05) is 6.92 Å². The first-order valence-electron chi connectivity index (χ1n) is 6.84. The van der Waals surface area contributed by atoms with Crippen LogP contribution in [0.25, 0.3) is 0 Å². The molecule has 5 nitrogen and oxygen atoms in total. The predicted octanol–water partition coefficient (Wildman–Crippen LogP) is 0.837. The lowest BCUT2D eigenvalue weighted by molar-refractivity contribution is 0.0944. The molecule has 0 spiro atoms. The summed E-state index contributed by atoms with van der Waals surface area (Å²) in [5.74, 6) is 0.300. The Bertz CT molecular complexity index is 457. The fraction of sp³-hybridized carbons (Fsp3) is 0.571. The maximum atomic E-state index is 11.9. The predicted molar refractivity (Wildman–Crippen MR) is 74.2 cm³/mol. The first-order valence-corrected chi connectivity index (χ1v) is 6.84. The maximum Gasteiger partial charge on any atom is 0.252 e. The summed E-state index contributed by atoms with van der Waals surface area (Å²) in [7, 11) is 0. The third-order valence-corrected chi connectivity index (χ3v) is 3.43. The van der Waals surface area contributed by atoms with Crippen molar-refractivity contribution in [1.82, 2.24) is 15.2 Å². The van der Waals surface area contributed by atoms with Gasteiger partial charge in [-0.25, -0.2) is 0 Å². The zero-order valence-corrected chi connectivity index (χ0v) is 11.3. The number of hydrogen-bond acceptors (Lipinski definition) is 3. The summed E-state index contributed by atoms with van der Waals surface area (Å²) in [5.41, 5.74) is 0.298. The summed E-state index contributed by atoms with van der Waals surface area (Å²) in [5, 5.41) is 2.90. The second kappa shape index (κ2) is 6.52. The summed E-state index contributed by atoms with van der Waals surface area (Å²) in [4.78, 5) is 27.7. The van der Waals surface area contributed by atoms with E-state index in [-0.39, 0.29) is 11.5 Å². The van der Waals surface area contributed by atoms with E-state index in [2.05, 4.69) is 22.1 Å². The molecule has 0 aromatic carbocycles. The Morgan fingerprint density at radius 3 is 2.79 bits per heavy atom. The van der Waals surface area contributed by atoms with Crippen molar-refractivity contribution in [2.75, 3.05) is 26.2 Å². The van der Waals surface area contributed by atoms with Crippen molar-refractivity contribution in [2.24, 2.45) is 5.92 Å². The molecule has 0 radical (unpaired) electrons. The van der Waals surface area contributed by atoms with Crippen LogP contribution in [-0.4, -0.2) is 42.0 Å². The minimum atomic E-state index is -0.195. The molecule has 1 aliphatic rings. The second-order valence-corrected chi connectivity index (χ2v) is 5.26. The highest BCUT2D eigenvalue weighted by Gasteiger charge is 2.15. The Kier molecular flexibility index (Phi) is 4.74. The van der Waals surface area contributed by atoms with Gasteiger partial charge in [0.25, 0.3) is 5.91 Å². The number of aromatic amines is 1. The van der Waals surface area contributed by atoms with Crippen molar-refractivity contribution < 1.29 is 4.79 Å². The van der Waals surface area contributed by atoms with Gasteiger partial charge in [-0.05, 0) is 37.9 Å². The number of hydrogen-bond donors (Lipinski definition) is 2. The molecule has 0 aliphatic carbocycles. The molecule has 1 amide bonds. The first kappa shape index (κ1) is 13.8. The summed E-state index contributed by atoms with van der Waals surface area (Å²) in [6.45, 7) is 6.20. The van der Waals surface area contributed by atoms with E-state index in [9.17, 15) is 9.59 Å². The van der Waals surface area contributed by atoms with Crippen LogP contribution in [0.3, 0.4) is 0 Å². The Morgan fingerprint density at radius 1 is 1.42 bits per heavy atom. The Balaban J connectivity index is 1.76. The second-order valence-electron chi connectivity index (χ2n) is 5.26. The molecule has 0 bridgehead atoms. The smallest absolute Gasteiger partial charge is 0.252 e. The van der Waals surface area contributed by atoms with Crippen LogP contribution < -0.4 is 10.9 Å². The van der Waals surface area contributed by atoms with Crippen molar-refractivity contribution >= 4 is 5.91 Å². The van der Waals surface area contributed by atoms with Gasteiger partial charge in [-0.3, -0.25) is 9.59 Å². The van der Waals surface area contributed by atoms with Gasteiger partial charge in [0.2, 0.25) is 5.56 Å². The Labute approximate surface area is 113 Å². The van der Waals surface area contributed by atoms with Crippen molar-refractivity contribution in [3.8, 4) is 0 Å². The lowest BCUT2D eigenvalue weighted by Crippen LogP contribution is -2.34. The van der Waals surface area contributed by atoms with Crippen LogP contribution in [0.15, 0.2) is 23.1 Å². The number of pyridine rings is 1. The molecule has 0 saturated carbocycles. The van der Waals surface area contributed by atoms with E-state index in [1.54, 1.807) is 6.07 Å². The molecule has 1 saturated heterocycles. The Morgan fingerprint density at radius 2 is 2.16 bits per heavy atom. The van der Waals surface area contributed by atoms with Crippen molar-refractivity contribution in [2.45, 2.75) is 19.8 Å². The minimum absolute atomic E-state index is 0.135. The number of carbonyl (C=O) groups is 1. The first-order chi connectivity index (χ1) is 9.15.